The molecule has 0 saturated carbocycles. The van der Waals surface area contributed by atoms with Crippen LogP contribution in [0, 0.1) is 6.92 Å². The lowest BCUT2D eigenvalue weighted by Gasteiger charge is -2.11. The molecular weight excluding hydrogens is 234 g/mol. The third-order valence-electron chi connectivity index (χ3n) is 2.62. The summed E-state index contributed by atoms with van der Waals surface area (Å²) in [5.74, 6) is -1.58. The van der Waals surface area contributed by atoms with Gasteiger partial charge in [0.1, 0.15) is 11.5 Å². The van der Waals surface area contributed by atoms with Gasteiger partial charge in [0.2, 0.25) is 0 Å². The summed E-state index contributed by atoms with van der Waals surface area (Å²) in [6, 6.07) is 13.4. The van der Waals surface area contributed by atoms with Gasteiger partial charge in [0, 0.05) is 12.5 Å². The first-order valence-corrected chi connectivity index (χ1v) is 5.68. The molecule has 0 radical (unpaired) electrons. The zero-order valence-electron chi connectivity index (χ0n) is 10.3. The van der Waals surface area contributed by atoms with Crippen LogP contribution in [0.15, 0.2) is 48.5 Å². The molecule has 0 aromatic heterocycles. The molecule has 2 rings (SSSR count). The predicted molar refractivity (Wildman–Crippen MR) is 67.3 cm³/mol. The van der Waals surface area contributed by atoms with E-state index in [4.69, 9.17) is 4.74 Å². The first-order valence-electron chi connectivity index (χ1n) is 5.68. The molecule has 3 heteroatoms. The Bertz CT molecular complexity index is 510. The monoisotopic (exact) mass is 248 g/mol. The molecule has 2 aromatic carbocycles. The fraction of sp³-hybridized carbons (Fsp3) is 0.200. The molecule has 0 spiro atoms. The summed E-state index contributed by atoms with van der Waals surface area (Å²) >= 11 is 0. The van der Waals surface area contributed by atoms with Crippen molar-refractivity contribution in [2.75, 3.05) is 0 Å². The molecule has 0 unspecified atom stereocenters. The number of rotatable bonds is 3. The smallest absolute Gasteiger partial charge is 0.270 e. The van der Waals surface area contributed by atoms with E-state index < -0.39 is 5.92 Å². The first kappa shape index (κ1) is 12.6. The molecule has 18 heavy (non-hydrogen) atoms. The molecule has 94 valence electrons. The Morgan fingerprint density at radius 2 is 1.28 bits per heavy atom. The van der Waals surface area contributed by atoms with Crippen molar-refractivity contribution in [3.63, 3.8) is 0 Å². The second-order valence-electron chi connectivity index (χ2n) is 4.33. The minimum absolute atomic E-state index is 0.0150. The van der Waals surface area contributed by atoms with Gasteiger partial charge in [0.15, 0.2) is 0 Å². The molecule has 0 aliphatic rings. The molecule has 1 nitrogen and oxygen atoms in total. The van der Waals surface area contributed by atoms with Gasteiger partial charge >= 0.3 is 0 Å². The Hall–Kier alpha value is -1.90. The van der Waals surface area contributed by atoms with E-state index in [-0.39, 0.29) is 5.56 Å². The van der Waals surface area contributed by atoms with E-state index in [9.17, 15) is 8.78 Å². The van der Waals surface area contributed by atoms with Gasteiger partial charge in [0.25, 0.3) is 5.92 Å². The van der Waals surface area contributed by atoms with Gasteiger partial charge in [0.05, 0.1) is 0 Å². The SMILES string of the molecule is Cc1ccc(Oc2ccc(C(C)(F)F)cc2)cc1. The lowest BCUT2D eigenvalue weighted by molar-refractivity contribution is 0.0174. The Balaban J connectivity index is 2.13. The van der Waals surface area contributed by atoms with E-state index in [0.29, 0.717) is 11.5 Å². The lowest BCUT2D eigenvalue weighted by Crippen LogP contribution is -2.06. The fourth-order valence-corrected chi connectivity index (χ4v) is 1.56. The molecule has 0 fully saturated rings. The van der Waals surface area contributed by atoms with Crippen molar-refractivity contribution in [1.82, 2.24) is 0 Å². The van der Waals surface area contributed by atoms with Crippen molar-refractivity contribution in [3.05, 3.63) is 59.7 Å². The molecule has 0 amide bonds. The van der Waals surface area contributed by atoms with Crippen molar-refractivity contribution in [2.24, 2.45) is 0 Å². The molecule has 0 bridgehead atoms. The standard InChI is InChI=1S/C15H14F2O/c1-11-3-7-13(8-4-11)18-14-9-5-12(6-10-14)15(2,16)17/h3-10H,1-2H3. The first-order chi connectivity index (χ1) is 8.45. The Morgan fingerprint density at radius 1 is 0.833 bits per heavy atom. The average Bonchev–Trinajstić information content (AvgIpc) is 2.32. The van der Waals surface area contributed by atoms with E-state index in [2.05, 4.69) is 0 Å². The summed E-state index contributed by atoms with van der Waals surface area (Å²) in [7, 11) is 0. The zero-order chi connectivity index (χ0) is 13.2. The molecule has 0 aliphatic heterocycles. The van der Waals surface area contributed by atoms with E-state index in [1.54, 1.807) is 12.1 Å². The number of hydrogen-bond donors (Lipinski definition) is 0. The molecule has 0 atom stereocenters. The molecule has 0 heterocycles. The zero-order valence-corrected chi connectivity index (χ0v) is 10.3. The number of ether oxygens (including phenoxy) is 1. The topological polar surface area (TPSA) is 9.23 Å². The van der Waals surface area contributed by atoms with Gasteiger partial charge in [-0.25, -0.2) is 8.78 Å². The van der Waals surface area contributed by atoms with Crippen molar-refractivity contribution in [3.8, 4) is 11.5 Å². The highest BCUT2D eigenvalue weighted by Crippen LogP contribution is 2.29. The van der Waals surface area contributed by atoms with Crippen molar-refractivity contribution in [1.29, 1.82) is 0 Å². The highest BCUT2D eigenvalue weighted by Gasteiger charge is 2.23. The maximum Gasteiger partial charge on any atom is 0.270 e. The van der Waals surface area contributed by atoms with Crippen molar-refractivity contribution in [2.45, 2.75) is 19.8 Å². The summed E-state index contributed by atoms with van der Waals surface area (Å²) in [5, 5.41) is 0. The second kappa shape index (κ2) is 4.77. The molecule has 0 saturated heterocycles. The largest absolute Gasteiger partial charge is 0.457 e. The normalized spacial score (nSPS) is 11.3. The van der Waals surface area contributed by atoms with Crippen LogP contribution in [0.4, 0.5) is 8.78 Å². The maximum atomic E-state index is 13.0. The second-order valence-corrected chi connectivity index (χ2v) is 4.33. The Kier molecular flexibility index (Phi) is 3.32. The Labute approximate surface area is 105 Å². The summed E-state index contributed by atoms with van der Waals surface area (Å²) < 4.78 is 31.6. The summed E-state index contributed by atoms with van der Waals surface area (Å²) in [4.78, 5) is 0. The van der Waals surface area contributed by atoms with Crippen LogP contribution >= 0.6 is 0 Å². The van der Waals surface area contributed by atoms with E-state index in [1.165, 1.54) is 12.1 Å². The number of aryl methyl sites for hydroxylation is 1. The highest BCUT2D eigenvalue weighted by molar-refractivity contribution is 5.35. The van der Waals surface area contributed by atoms with Crippen LogP contribution in [-0.4, -0.2) is 0 Å². The fourth-order valence-electron chi connectivity index (χ4n) is 1.56. The van der Waals surface area contributed by atoms with Crippen LogP contribution in [0.1, 0.15) is 18.1 Å². The van der Waals surface area contributed by atoms with Gasteiger partial charge in [-0.05, 0) is 43.3 Å². The minimum Gasteiger partial charge on any atom is -0.457 e. The van der Waals surface area contributed by atoms with Crippen LogP contribution < -0.4 is 4.74 Å². The lowest BCUT2D eigenvalue weighted by atomic mass is 10.1. The minimum atomic E-state index is -2.82. The predicted octanol–water partition coefficient (Wildman–Crippen LogP) is 4.90. The molecule has 2 aromatic rings. The molecule has 0 N–H and O–H groups in total. The maximum absolute atomic E-state index is 13.0. The quantitative estimate of drug-likeness (QED) is 0.750. The number of halogens is 2. The van der Waals surface area contributed by atoms with Crippen LogP contribution in [0.3, 0.4) is 0 Å². The van der Waals surface area contributed by atoms with Gasteiger partial charge in [-0.1, -0.05) is 17.7 Å². The highest BCUT2D eigenvalue weighted by atomic mass is 19.3. The summed E-state index contributed by atoms with van der Waals surface area (Å²) in [6.45, 7) is 2.87. The summed E-state index contributed by atoms with van der Waals surface area (Å²) in [5.41, 5.74) is 1.13. The number of benzene rings is 2. The molecular formula is C15H14F2O. The van der Waals surface area contributed by atoms with Crippen molar-refractivity contribution < 1.29 is 13.5 Å². The van der Waals surface area contributed by atoms with Crippen LogP contribution in [0.5, 0.6) is 11.5 Å². The summed E-state index contributed by atoms with van der Waals surface area (Å²) in [6.07, 6.45) is 0. The van der Waals surface area contributed by atoms with E-state index in [0.717, 1.165) is 12.5 Å². The number of hydrogen-bond acceptors (Lipinski definition) is 1. The van der Waals surface area contributed by atoms with E-state index >= 15 is 0 Å². The molecule has 0 aliphatic carbocycles. The average molecular weight is 248 g/mol. The van der Waals surface area contributed by atoms with Crippen LogP contribution in [0.2, 0.25) is 0 Å². The third kappa shape index (κ3) is 3.06. The van der Waals surface area contributed by atoms with E-state index in [1.807, 2.05) is 31.2 Å². The van der Waals surface area contributed by atoms with Gasteiger partial charge in [-0.3, -0.25) is 0 Å². The third-order valence-corrected chi connectivity index (χ3v) is 2.62. The Morgan fingerprint density at radius 3 is 1.72 bits per heavy atom. The van der Waals surface area contributed by atoms with Crippen molar-refractivity contribution >= 4 is 0 Å². The van der Waals surface area contributed by atoms with Gasteiger partial charge in [-0.2, -0.15) is 0 Å². The number of alkyl halides is 2. The van der Waals surface area contributed by atoms with Gasteiger partial charge in [-0.15, -0.1) is 0 Å². The van der Waals surface area contributed by atoms with Crippen LogP contribution in [0.25, 0.3) is 0 Å². The van der Waals surface area contributed by atoms with Gasteiger partial charge < -0.3 is 4.74 Å². The van der Waals surface area contributed by atoms with Crippen LogP contribution in [-0.2, 0) is 5.92 Å².